The largest absolute Gasteiger partial charge is 0.490 e. The first kappa shape index (κ1) is 31.4. The summed E-state index contributed by atoms with van der Waals surface area (Å²) in [6.07, 6.45) is 9.55. The van der Waals surface area contributed by atoms with Gasteiger partial charge in [-0.1, -0.05) is 29.8 Å². The summed E-state index contributed by atoms with van der Waals surface area (Å²) < 4.78 is 41.7. The first-order valence-electron chi connectivity index (χ1n) is 15.7. The molecule has 10 heteroatoms. The number of methoxy groups -OCH3 is 1. The van der Waals surface area contributed by atoms with Crippen LogP contribution in [0.4, 0.5) is 5.69 Å². The quantitative estimate of drug-likeness (QED) is 0.423. The molecular weight excluding hydrogens is 600 g/mol. The van der Waals surface area contributed by atoms with Crippen molar-refractivity contribution in [3.05, 3.63) is 70.3 Å². The molecule has 1 saturated carbocycles. The van der Waals surface area contributed by atoms with E-state index < -0.39 is 26.8 Å². The zero-order chi connectivity index (χ0) is 31.3. The van der Waals surface area contributed by atoms with Crippen LogP contribution in [0.3, 0.4) is 0 Å². The average Bonchev–Trinajstić information content (AvgIpc) is 3.09. The van der Waals surface area contributed by atoms with Crippen molar-refractivity contribution in [1.82, 2.24) is 4.72 Å². The summed E-state index contributed by atoms with van der Waals surface area (Å²) in [6.45, 7) is 4.89. The van der Waals surface area contributed by atoms with E-state index in [0.29, 0.717) is 37.2 Å². The Kier molecular flexibility index (Phi) is 8.54. The summed E-state index contributed by atoms with van der Waals surface area (Å²) >= 11 is 6.41. The average molecular weight is 643 g/mol. The number of carbonyl (C=O) groups excluding carboxylic acids is 1. The Morgan fingerprint density at radius 3 is 2.70 bits per heavy atom. The summed E-state index contributed by atoms with van der Waals surface area (Å²) in [7, 11) is -2.48. The number of nitrogens with zero attached hydrogens (tertiary/aromatic N) is 1. The molecule has 1 fully saturated rings. The van der Waals surface area contributed by atoms with Gasteiger partial charge in [-0.25, -0.2) is 13.1 Å². The van der Waals surface area contributed by atoms with Crippen molar-refractivity contribution < 1.29 is 27.8 Å². The summed E-state index contributed by atoms with van der Waals surface area (Å²) in [6, 6.07) is 11.3. The molecule has 2 aliphatic heterocycles. The number of hydrogen-bond donors (Lipinski definition) is 2. The number of sulfonamides is 1. The summed E-state index contributed by atoms with van der Waals surface area (Å²) in [5.74, 6) is 0.639. The molecule has 6 rings (SSSR count). The molecule has 5 atom stereocenters. The van der Waals surface area contributed by atoms with E-state index in [2.05, 4.69) is 21.8 Å². The lowest BCUT2D eigenvalue weighted by atomic mass is 9.68. The molecule has 2 bridgehead atoms. The number of aliphatic hydroxyl groups is 1. The highest BCUT2D eigenvalue weighted by Gasteiger charge is 2.45. The van der Waals surface area contributed by atoms with E-state index >= 15 is 0 Å². The lowest BCUT2D eigenvalue weighted by Crippen LogP contribution is -2.50. The summed E-state index contributed by atoms with van der Waals surface area (Å²) in [4.78, 5) is 15.9. The number of aryl methyl sites for hydroxylation is 1. The molecule has 0 aromatic heterocycles. The molecule has 2 aliphatic carbocycles. The van der Waals surface area contributed by atoms with Gasteiger partial charge >= 0.3 is 0 Å². The Labute approximate surface area is 265 Å². The fraction of sp³-hybridized carbons (Fsp3) is 0.559. The number of rotatable bonds is 2. The highest BCUT2D eigenvalue weighted by molar-refractivity contribution is 7.90. The first-order chi connectivity index (χ1) is 20.9. The van der Waals surface area contributed by atoms with E-state index in [1.54, 1.807) is 25.3 Å². The van der Waals surface area contributed by atoms with Gasteiger partial charge in [0.1, 0.15) is 11.0 Å². The van der Waals surface area contributed by atoms with Gasteiger partial charge in [0.25, 0.3) is 5.91 Å². The molecule has 0 radical (unpaired) electrons. The molecule has 2 heterocycles. The molecule has 238 valence electrons. The van der Waals surface area contributed by atoms with Crippen LogP contribution in [-0.4, -0.2) is 63.2 Å². The second-order valence-electron chi connectivity index (χ2n) is 13.6. The molecule has 2 aromatic rings. The highest BCUT2D eigenvalue weighted by Crippen LogP contribution is 2.47. The Bertz CT molecular complexity index is 1550. The third kappa shape index (κ3) is 6.00. The number of amides is 1. The highest BCUT2D eigenvalue weighted by atomic mass is 35.5. The monoisotopic (exact) mass is 642 g/mol. The number of carbonyl (C=O) groups is 1. The number of ether oxygens (including phenoxy) is 2. The maximum absolute atomic E-state index is 13.5. The number of halogens is 1. The van der Waals surface area contributed by atoms with Crippen LogP contribution in [0, 0.1) is 11.8 Å². The molecule has 8 nitrogen and oxygen atoms in total. The van der Waals surface area contributed by atoms with Crippen LogP contribution >= 0.6 is 11.6 Å². The van der Waals surface area contributed by atoms with E-state index in [0.717, 1.165) is 49.4 Å². The molecule has 1 amide bonds. The van der Waals surface area contributed by atoms with Crippen LogP contribution < -0.4 is 14.4 Å². The van der Waals surface area contributed by atoms with Crippen molar-refractivity contribution in [2.45, 2.75) is 81.2 Å². The van der Waals surface area contributed by atoms with Gasteiger partial charge < -0.3 is 19.5 Å². The fourth-order valence-electron chi connectivity index (χ4n) is 7.81. The molecule has 44 heavy (non-hydrogen) atoms. The lowest BCUT2D eigenvalue weighted by molar-refractivity contribution is 0.0131. The van der Waals surface area contributed by atoms with Crippen LogP contribution in [0.25, 0.3) is 0 Å². The number of benzene rings is 2. The van der Waals surface area contributed by atoms with E-state index in [9.17, 15) is 18.3 Å². The van der Waals surface area contributed by atoms with Crippen molar-refractivity contribution in [2.75, 3.05) is 31.7 Å². The Hall–Kier alpha value is -2.59. The maximum Gasteiger partial charge on any atom is 0.264 e. The van der Waals surface area contributed by atoms with Gasteiger partial charge in [-0.15, -0.1) is 0 Å². The molecular formula is C34H43ClN2O6S. The molecule has 0 saturated heterocycles. The normalized spacial score (nSPS) is 31.0. The SMILES string of the molecule is CO[C@H]1/C=C/CC[C@@H](C(C)(C)O)S(=O)(=O)NC(=O)c2ccc3c(c2)N(C[C@@H]2CC[C@H]21)C[C@@]1(CCCc2cc(Cl)ccc21)CO3. The Balaban J connectivity index is 1.43. The van der Waals surface area contributed by atoms with Crippen molar-refractivity contribution >= 4 is 33.2 Å². The third-order valence-corrected chi connectivity index (χ3v) is 12.5. The molecule has 4 aliphatic rings. The second-order valence-corrected chi connectivity index (χ2v) is 15.9. The fourth-order valence-corrected chi connectivity index (χ4v) is 9.73. The van der Waals surface area contributed by atoms with E-state index in [1.165, 1.54) is 25.0 Å². The van der Waals surface area contributed by atoms with Gasteiger partial charge in [-0.3, -0.25) is 4.79 Å². The zero-order valence-electron chi connectivity index (χ0n) is 25.7. The number of nitrogens with one attached hydrogen (secondary N) is 1. The Morgan fingerprint density at radius 2 is 1.98 bits per heavy atom. The number of anilines is 1. The topological polar surface area (TPSA) is 105 Å². The second kappa shape index (κ2) is 12.0. The molecule has 1 spiro atoms. The van der Waals surface area contributed by atoms with Crippen molar-refractivity contribution in [2.24, 2.45) is 11.8 Å². The molecule has 2 aromatic carbocycles. The van der Waals surface area contributed by atoms with Gasteiger partial charge in [0.15, 0.2) is 0 Å². The van der Waals surface area contributed by atoms with Crippen molar-refractivity contribution in [3.8, 4) is 5.75 Å². The van der Waals surface area contributed by atoms with E-state index in [-0.39, 0.29) is 23.5 Å². The summed E-state index contributed by atoms with van der Waals surface area (Å²) in [5.41, 5.74) is 1.72. The van der Waals surface area contributed by atoms with Crippen LogP contribution in [0.1, 0.15) is 73.9 Å². The smallest absolute Gasteiger partial charge is 0.264 e. The number of allylic oxidation sites excluding steroid dienone is 1. The van der Waals surface area contributed by atoms with Crippen molar-refractivity contribution in [3.63, 3.8) is 0 Å². The minimum absolute atomic E-state index is 0.0981. The third-order valence-electron chi connectivity index (χ3n) is 10.2. The van der Waals surface area contributed by atoms with Crippen LogP contribution in [0.5, 0.6) is 5.75 Å². The standard InChI is InChI=1S/C34H43ClN2O6S/c1-33(2,39)31-9-5-4-8-29(42-3)26-13-10-24(26)19-37-20-34(16-6-7-22-17-25(35)12-14-27(22)34)21-43-30-15-11-23(18-28(30)37)32(38)36-44(31,40)41/h4,8,11-12,14-15,17-18,24,26,29,31,39H,5-7,9-10,13,16,19-21H2,1-3H3,(H,36,38)/b8-4+/t24-,26+,29-,31-,34-/m0/s1. The first-order valence-corrected chi connectivity index (χ1v) is 17.6. The lowest BCUT2D eigenvalue weighted by Gasteiger charge is -2.46. The number of fused-ring (bicyclic) bond motifs is 4. The van der Waals surface area contributed by atoms with E-state index in [4.69, 9.17) is 21.1 Å². The van der Waals surface area contributed by atoms with Gasteiger partial charge in [-0.2, -0.15) is 0 Å². The van der Waals surface area contributed by atoms with Gasteiger partial charge in [0, 0.05) is 36.2 Å². The Morgan fingerprint density at radius 1 is 1.16 bits per heavy atom. The van der Waals surface area contributed by atoms with Crippen LogP contribution in [-0.2, 0) is 26.6 Å². The van der Waals surface area contributed by atoms with Crippen LogP contribution in [0.2, 0.25) is 5.02 Å². The van der Waals surface area contributed by atoms with Gasteiger partial charge in [0.05, 0.1) is 24.0 Å². The maximum atomic E-state index is 13.5. The minimum Gasteiger partial charge on any atom is -0.490 e. The molecule has 2 N–H and O–H groups in total. The van der Waals surface area contributed by atoms with Crippen LogP contribution in [0.15, 0.2) is 48.6 Å². The van der Waals surface area contributed by atoms with Gasteiger partial charge in [-0.05, 0) is 112 Å². The van der Waals surface area contributed by atoms with Gasteiger partial charge in [0.2, 0.25) is 10.0 Å². The minimum atomic E-state index is -4.21. The van der Waals surface area contributed by atoms with Crippen molar-refractivity contribution in [1.29, 1.82) is 0 Å². The zero-order valence-corrected chi connectivity index (χ0v) is 27.3. The van der Waals surface area contributed by atoms with E-state index in [1.807, 2.05) is 18.2 Å². The number of hydrogen-bond acceptors (Lipinski definition) is 7. The summed E-state index contributed by atoms with van der Waals surface area (Å²) in [5, 5.41) is 10.4. The predicted octanol–water partition coefficient (Wildman–Crippen LogP) is 5.40. The molecule has 0 unspecified atom stereocenters. The predicted molar refractivity (Wildman–Crippen MR) is 172 cm³/mol.